The SMILES string of the molecule is COc1ccc(C(OC[C@H]2O[C@@H](n3cc(C)c(=O)[nH]c3=O)C[C@@H]2O[P+](=O)Oc2ccc(Cl)cc2Cl)(c2ccccc2)c2ccc(OC)cc2)cc1. The molecule has 1 saturated heterocycles. The molecule has 264 valence electrons. The summed E-state index contributed by atoms with van der Waals surface area (Å²) in [5, 5.41) is 0.529. The second kappa shape index (κ2) is 15.8. The van der Waals surface area contributed by atoms with E-state index in [1.165, 1.54) is 22.9 Å². The monoisotopic (exact) mass is 751 g/mol. The largest absolute Gasteiger partial charge is 0.750 e. The van der Waals surface area contributed by atoms with Gasteiger partial charge in [-0.05, 0) is 66.1 Å². The number of benzene rings is 4. The third-order valence-electron chi connectivity index (χ3n) is 8.56. The molecular formula is C37H34Cl2N2O9P+. The van der Waals surface area contributed by atoms with Crippen molar-refractivity contribution in [3.05, 3.63) is 156 Å². The van der Waals surface area contributed by atoms with Crippen LogP contribution in [0.2, 0.25) is 10.0 Å². The Kier molecular flexibility index (Phi) is 11.3. The predicted octanol–water partition coefficient (Wildman–Crippen LogP) is 7.59. The Morgan fingerprint density at radius 2 is 1.49 bits per heavy atom. The van der Waals surface area contributed by atoms with E-state index in [2.05, 4.69) is 4.98 Å². The van der Waals surface area contributed by atoms with E-state index < -0.39 is 43.5 Å². The molecule has 0 saturated carbocycles. The maximum Gasteiger partial charge on any atom is 0.750 e. The number of methoxy groups -OCH3 is 2. The van der Waals surface area contributed by atoms with E-state index in [4.69, 9.17) is 51.2 Å². The third-order valence-corrected chi connectivity index (χ3v) is 9.88. The molecule has 5 aromatic rings. The number of nitrogens with one attached hydrogen (secondary N) is 1. The summed E-state index contributed by atoms with van der Waals surface area (Å²) in [6.07, 6.45) is -1.19. The van der Waals surface area contributed by atoms with Crippen LogP contribution in [-0.2, 0) is 24.2 Å². The van der Waals surface area contributed by atoms with Crippen LogP contribution in [0.4, 0.5) is 0 Å². The lowest BCUT2D eigenvalue weighted by atomic mass is 9.80. The minimum atomic E-state index is -2.80. The van der Waals surface area contributed by atoms with Gasteiger partial charge in [-0.1, -0.05) is 77.8 Å². The van der Waals surface area contributed by atoms with Crippen molar-refractivity contribution >= 4 is 31.5 Å². The van der Waals surface area contributed by atoms with E-state index in [0.29, 0.717) is 22.1 Å². The Hall–Kier alpha value is -4.48. The second-order valence-corrected chi connectivity index (χ2v) is 13.4. The average Bonchev–Trinajstić information content (AvgIpc) is 3.53. The number of aromatic nitrogens is 2. The van der Waals surface area contributed by atoms with E-state index in [1.54, 1.807) is 27.2 Å². The van der Waals surface area contributed by atoms with Gasteiger partial charge in [0.05, 0.1) is 25.8 Å². The van der Waals surface area contributed by atoms with Gasteiger partial charge in [-0.15, -0.1) is 4.52 Å². The summed E-state index contributed by atoms with van der Waals surface area (Å²) < 4.78 is 50.5. The predicted molar refractivity (Wildman–Crippen MR) is 192 cm³/mol. The molecule has 1 fully saturated rings. The maximum absolute atomic E-state index is 13.3. The number of H-pyrrole nitrogens is 1. The van der Waals surface area contributed by atoms with E-state index in [0.717, 1.165) is 16.7 Å². The Morgan fingerprint density at radius 3 is 2.08 bits per heavy atom. The van der Waals surface area contributed by atoms with Crippen LogP contribution in [0, 0.1) is 6.92 Å². The summed E-state index contributed by atoms with van der Waals surface area (Å²) in [4.78, 5) is 27.4. The molecule has 0 amide bonds. The van der Waals surface area contributed by atoms with Crippen molar-refractivity contribution in [3.63, 3.8) is 0 Å². The summed E-state index contributed by atoms with van der Waals surface area (Å²) in [5.41, 5.74) is 0.310. The quantitative estimate of drug-likeness (QED) is 0.0957. The van der Waals surface area contributed by atoms with Crippen molar-refractivity contribution in [3.8, 4) is 17.2 Å². The lowest BCUT2D eigenvalue weighted by Gasteiger charge is -2.37. The number of halogens is 2. The van der Waals surface area contributed by atoms with Crippen LogP contribution < -0.4 is 25.2 Å². The molecule has 0 aliphatic carbocycles. The van der Waals surface area contributed by atoms with E-state index in [-0.39, 0.29) is 23.8 Å². The van der Waals surface area contributed by atoms with Crippen LogP contribution >= 0.6 is 31.5 Å². The lowest BCUT2D eigenvalue weighted by Crippen LogP contribution is -2.38. The van der Waals surface area contributed by atoms with Crippen LogP contribution in [0.5, 0.6) is 17.2 Å². The molecule has 2 heterocycles. The Labute approximate surface area is 304 Å². The molecule has 4 atom stereocenters. The molecule has 51 heavy (non-hydrogen) atoms. The molecule has 1 aliphatic rings. The van der Waals surface area contributed by atoms with Gasteiger partial charge in [0.2, 0.25) is 5.75 Å². The molecule has 1 unspecified atom stereocenters. The smallest absolute Gasteiger partial charge is 0.497 e. The zero-order valence-corrected chi connectivity index (χ0v) is 30.2. The molecule has 4 aromatic carbocycles. The summed E-state index contributed by atoms with van der Waals surface area (Å²) in [6.45, 7) is 1.48. The fraction of sp³-hybridized carbons (Fsp3) is 0.243. The summed E-state index contributed by atoms with van der Waals surface area (Å²) in [7, 11) is 0.396. The Morgan fingerprint density at radius 1 is 0.882 bits per heavy atom. The molecule has 14 heteroatoms. The number of nitrogens with zero attached hydrogens (tertiary/aromatic N) is 1. The molecule has 0 spiro atoms. The van der Waals surface area contributed by atoms with Gasteiger partial charge >= 0.3 is 13.9 Å². The molecule has 0 bridgehead atoms. The minimum absolute atomic E-state index is 0.0710. The van der Waals surface area contributed by atoms with Crippen LogP contribution in [0.1, 0.15) is 34.9 Å². The van der Waals surface area contributed by atoms with Crippen LogP contribution in [0.15, 0.2) is 113 Å². The summed E-state index contributed by atoms with van der Waals surface area (Å²) in [5.74, 6) is 1.44. The van der Waals surface area contributed by atoms with Crippen LogP contribution in [0.25, 0.3) is 0 Å². The van der Waals surface area contributed by atoms with Crippen LogP contribution in [0.3, 0.4) is 0 Å². The second-order valence-electron chi connectivity index (χ2n) is 11.7. The molecule has 1 aliphatic heterocycles. The van der Waals surface area contributed by atoms with Gasteiger partial charge in [-0.2, -0.15) is 0 Å². The van der Waals surface area contributed by atoms with Crippen molar-refractivity contribution in [1.82, 2.24) is 9.55 Å². The zero-order valence-electron chi connectivity index (χ0n) is 27.8. The topological polar surface area (TPSA) is 127 Å². The first-order valence-electron chi connectivity index (χ1n) is 15.8. The standard InChI is InChI=1S/C37H33Cl2N2O9P/c1-23-21-41(36(43)40-35(23)42)34-20-32(50-51(44)49-31-18-13-27(38)19-30(31)39)33(48-34)22-47-37(24-7-5-4-6-8-24,25-9-14-28(45-2)15-10-25)26-11-16-29(46-3)17-12-26/h4-19,21,32-34H,20,22H2,1-3H3/p+1/t32-,33+,34+/m0/s1. The van der Waals surface area contributed by atoms with Gasteiger partial charge in [0, 0.05) is 27.8 Å². The number of ether oxygens (including phenoxy) is 4. The number of hydrogen-bond acceptors (Lipinski definition) is 9. The molecule has 6 rings (SSSR count). The van der Waals surface area contributed by atoms with Gasteiger partial charge in [0.15, 0.2) is 0 Å². The van der Waals surface area contributed by atoms with Gasteiger partial charge in [0.1, 0.15) is 35.5 Å². The fourth-order valence-electron chi connectivity index (χ4n) is 5.98. The summed E-state index contributed by atoms with van der Waals surface area (Å²) in [6, 6.07) is 29.3. The zero-order chi connectivity index (χ0) is 36.1. The normalized spacial score (nSPS) is 17.6. The number of rotatable bonds is 13. The Bertz CT molecular complexity index is 2060. The highest BCUT2D eigenvalue weighted by molar-refractivity contribution is 7.33. The summed E-state index contributed by atoms with van der Waals surface area (Å²) >= 11 is 12.3. The van der Waals surface area contributed by atoms with E-state index >= 15 is 0 Å². The van der Waals surface area contributed by atoms with Crippen molar-refractivity contribution in [1.29, 1.82) is 0 Å². The minimum Gasteiger partial charge on any atom is -0.497 e. The fourth-order valence-corrected chi connectivity index (χ4v) is 7.28. The lowest BCUT2D eigenvalue weighted by molar-refractivity contribution is -0.0916. The van der Waals surface area contributed by atoms with Crippen LogP contribution in [-0.4, -0.2) is 42.6 Å². The first kappa shape index (κ1) is 36.3. The first-order valence-corrected chi connectivity index (χ1v) is 17.7. The number of aryl methyl sites for hydroxylation is 1. The highest BCUT2D eigenvalue weighted by atomic mass is 35.5. The van der Waals surface area contributed by atoms with Crippen molar-refractivity contribution in [2.45, 2.75) is 37.4 Å². The van der Waals surface area contributed by atoms with E-state index in [1.807, 2.05) is 78.9 Å². The molecule has 0 radical (unpaired) electrons. The van der Waals surface area contributed by atoms with Crippen molar-refractivity contribution in [2.75, 3.05) is 20.8 Å². The number of aromatic amines is 1. The van der Waals surface area contributed by atoms with Gasteiger partial charge < -0.3 is 18.9 Å². The van der Waals surface area contributed by atoms with Gasteiger partial charge in [0.25, 0.3) is 5.56 Å². The molecule has 1 aromatic heterocycles. The molecule has 11 nitrogen and oxygen atoms in total. The molecular weight excluding hydrogens is 718 g/mol. The maximum atomic E-state index is 13.3. The third kappa shape index (κ3) is 7.89. The van der Waals surface area contributed by atoms with Crippen molar-refractivity contribution < 1.29 is 32.6 Å². The number of hydrogen-bond donors (Lipinski definition) is 1. The molecule has 1 N–H and O–H groups in total. The highest BCUT2D eigenvalue weighted by Crippen LogP contribution is 2.44. The van der Waals surface area contributed by atoms with Gasteiger partial charge in [-0.3, -0.25) is 14.3 Å². The average molecular weight is 753 g/mol. The Balaban J connectivity index is 1.39. The van der Waals surface area contributed by atoms with Gasteiger partial charge in [-0.25, -0.2) is 9.32 Å². The highest BCUT2D eigenvalue weighted by Gasteiger charge is 2.47. The van der Waals surface area contributed by atoms with Crippen molar-refractivity contribution in [2.24, 2.45) is 0 Å². The van der Waals surface area contributed by atoms with E-state index in [9.17, 15) is 14.2 Å². The first-order chi connectivity index (χ1) is 24.6.